The Kier molecular flexibility index (Phi) is 10.5. The third-order valence-corrected chi connectivity index (χ3v) is 8.75. The van der Waals surface area contributed by atoms with E-state index in [9.17, 15) is 19.5 Å². The van der Waals surface area contributed by atoms with E-state index in [0.717, 1.165) is 24.0 Å². The van der Waals surface area contributed by atoms with Crippen LogP contribution >= 0.6 is 0 Å². The number of nitrogens with zero attached hydrogens (tertiary/aromatic N) is 5. The van der Waals surface area contributed by atoms with Gasteiger partial charge < -0.3 is 24.5 Å². The first-order valence-corrected chi connectivity index (χ1v) is 15.0. The molecule has 0 saturated carbocycles. The number of hydrogen-bond acceptors (Lipinski definition) is 7. The maximum absolute atomic E-state index is 13.7. The summed E-state index contributed by atoms with van der Waals surface area (Å²) in [6, 6.07) is 13.4. The van der Waals surface area contributed by atoms with E-state index in [1.807, 2.05) is 56.3 Å². The maximum Gasteiger partial charge on any atom is 0.410 e. The number of aryl methyl sites for hydroxylation is 2. The van der Waals surface area contributed by atoms with Gasteiger partial charge in [0.2, 0.25) is 0 Å². The third kappa shape index (κ3) is 7.32. The summed E-state index contributed by atoms with van der Waals surface area (Å²) in [7, 11) is 4.10. The van der Waals surface area contributed by atoms with Crippen molar-refractivity contribution in [3.05, 3.63) is 69.6 Å². The molecule has 238 valence electrons. The zero-order valence-electron chi connectivity index (χ0n) is 25.5. The second kappa shape index (κ2) is 14.1. The number of phenolic OH excluding ortho intramolecular Hbond substituents is 1. The first-order chi connectivity index (χ1) is 20.6. The van der Waals surface area contributed by atoms with Crippen molar-refractivity contribution in [3.63, 3.8) is 0 Å². The van der Waals surface area contributed by atoms with Crippen molar-refractivity contribution < 1.29 is 19.4 Å². The van der Waals surface area contributed by atoms with Gasteiger partial charge in [0, 0.05) is 44.2 Å². The van der Waals surface area contributed by atoms with Crippen molar-refractivity contribution in [2.75, 3.05) is 40.3 Å². The normalized spacial score (nSPS) is 16.9. The van der Waals surface area contributed by atoms with Crippen molar-refractivity contribution >= 4 is 12.0 Å². The molecule has 0 unspecified atom stereocenters. The van der Waals surface area contributed by atoms with Crippen LogP contribution in [0.4, 0.5) is 4.79 Å². The van der Waals surface area contributed by atoms with Crippen LogP contribution in [-0.2, 0) is 16.0 Å². The van der Waals surface area contributed by atoms with Crippen LogP contribution in [0.3, 0.4) is 0 Å². The van der Waals surface area contributed by atoms with E-state index in [-0.39, 0.29) is 37.2 Å². The Morgan fingerprint density at radius 3 is 2.18 bits per heavy atom. The lowest BCUT2D eigenvalue weighted by atomic mass is 9.99. The quantitative estimate of drug-likeness (QED) is 0.414. The number of likely N-dealkylation sites (tertiary alicyclic amines) is 2. The molecule has 0 radical (unpaired) electrons. The summed E-state index contributed by atoms with van der Waals surface area (Å²) in [4.78, 5) is 48.3. The van der Waals surface area contributed by atoms with E-state index in [0.29, 0.717) is 62.0 Å². The fraction of sp³-hybridized carbons (Fsp3) is 0.515. The highest BCUT2D eigenvalue weighted by molar-refractivity contribution is 5.84. The fourth-order valence-electron chi connectivity index (χ4n) is 6.16. The van der Waals surface area contributed by atoms with Crippen LogP contribution in [0.25, 0.3) is 11.4 Å². The molecule has 2 saturated heterocycles. The monoisotopic (exact) mass is 606 g/mol. The Hall–Kier alpha value is -4.12. The number of aromatic nitrogens is 3. The Bertz CT molecular complexity index is 1460. The van der Waals surface area contributed by atoms with Crippen molar-refractivity contribution in [2.24, 2.45) is 0 Å². The maximum atomic E-state index is 13.7. The highest BCUT2D eigenvalue weighted by Crippen LogP contribution is 2.26. The summed E-state index contributed by atoms with van der Waals surface area (Å²) in [5.41, 5.74) is 2.81. The van der Waals surface area contributed by atoms with Crippen LogP contribution < -0.4 is 5.69 Å². The summed E-state index contributed by atoms with van der Waals surface area (Å²) in [5, 5.41) is 14.8. The Balaban J connectivity index is 0.00000442. The van der Waals surface area contributed by atoms with Crippen LogP contribution in [0.1, 0.15) is 55.8 Å². The number of benzene rings is 2. The number of carbonyl (C=O) groups excluding carboxylic acids is 2. The summed E-state index contributed by atoms with van der Waals surface area (Å²) in [6.45, 7) is 5.62. The van der Waals surface area contributed by atoms with Gasteiger partial charge >= 0.3 is 11.8 Å². The minimum atomic E-state index is -0.980. The van der Waals surface area contributed by atoms with Crippen molar-refractivity contribution in [3.8, 4) is 17.1 Å². The summed E-state index contributed by atoms with van der Waals surface area (Å²) < 4.78 is 7.43. The number of H-pyrrole nitrogens is 1. The molecule has 3 heterocycles. The van der Waals surface area contributed by atoms with Gasteiger partial charge in [-0.15, -0.1) is 5.10 Å². The Labute approximate surface area is 259 Å². The largest absolute Gasteiger partial charge is 0.507 e. The van der Waals surface area contributed by atoms with E-state index in [1.165, 1.54) is 4.68 Å². The second-order valence-corrected chi connectivity index (χ2v) is 12.0. The molecule has 5 rings (SSSR count). The van der Waals surface area contributed by atoms with Gasteiger partial charge in [-0.05, 0) is 70.3 Å². The van der Waals surface area contributed by atoms with Crippen molar-refractivity contribution in [1.82, 2.24) is 29.5 Å². The molecule has 2 aromatic carbocycles. The van der Waals surface area contributed by atoms with Gasteiger partial charge in [0.05, 0.1) is 6.04 Å². The Morgan fingerprint density at radius 1 is 1.00 bits per heavy atom. The van der Waals surface area contributed by atoms with Crippen LogP contribution in [-0.4, -0.2) is 99.0 Å². The van der Waals surface area contributed by atoms with Gasteiger partial charge in [-0.25, -0.2) is 14.3 Å². The lowest BCUT2D eigenvalue weighted by molar-refractivity contribution is -0.142. The van der Waals surface area contributed by atoms with Crippen molar-refractivity contribution in [1.29, 1.82) is 0 Å². The average molecular weight is 607 g/mol. The molecule has 1 aromatic heterocycles. The molecule has 0 bridgehead atoms. The van der Waals surface area contributed by atoms with Gasteiger partial charge in [-0.2, -0.15) is 0 Å². The van der Waals surface area contributed by atoms with E-state index in [2.05, 4.69) is 29.1 Å². The average Bonchev–Trinajstić information content (AvgIpc) is 3.41. The van der Waals surface area contributed by atoms with Crippen LogP contribution in [0.15, 0.2) is 47.3 Å². The van der Waals surface area contributed by atoms with Crippen LogP contribution in [0.5, 0.6) is 5.75 Å². The van der Waals surface area contributed by atoms with Gasteiger partial charge in [-0.3, -0.25) is 9.78 Å². The number of ether oxygens (including phenoxy) is 1. The first kappa shape index (κ1) is 32.8. The SMILES string of the molecule is C.Cc1cc(C[C@@H](OC(=O)N2CCC(n3nc(-c4ccccc4)[nH]c3=O)CC2)C(=O)N2CCC(N(C)C)CC2)cc(C)c1O. The lowest BCUT2D eigenvalue weighted by Crippen LogP contribution is -2.50. The predicted molar refractivity (Wildman–Crippen MR) is 170 cm³/mol. The number of hydrogen-bond donors (Lipinski definition) is 2. The highest BCUT2D eigenvalue weighted by Gasteiger charge is 2.34. The number of amides is 2. The molecule has 2 aliphatic heterocycles. The minimum Gasteiger partial charge on any atom is -0.507 e. The molecule has 2 N–H and O–H groups in total. The molecule has 3 aromatic rings. The molecule has 0 spiro atoms. The van der Waals surface area contributed by atoms with Crippen molar-refractivity contribution in [2.45, 2.75) is 71.6 Å². The summed E-state index contributed by atoms with van der Waals surface area (Å²) in [5.74, 6) is 0.549. The molecule has 11 heteroatoms. The smallest absolute Gasteiger partial charge is 0.410 e. The number of carbonyl (C=O) groups is 2. The molecule has 2 fully saturated rings. The lowest BCUT2D eigenvalue weighted by Gasteiger charge is -2.37. The van der Waals surface area contributed by atoms with Gasteiger partial charge in [0.1, 0.15) is 5.75 Å². The number of nitrogens with one attached hydrogen (secondary N) is 1. The number of piperidine rings is 2. The molecule has 44 heavy (non-hydrogen) atoms. The molecule has 0 aliphatic carbocycles. The minimum absolute atomic E-state index is 0. The number of aromatic hydroxyl groups is 1. The van der Waals surface area contributed by atoms with E-state index >= 15 is 0 Å². The van der Waals surface area contributed by atoms with E-state index in [4.69, 9.17) is 4.74 Å². The molecule has 2 amide bonds. The fourth-order valence-corrected chi connectivity index (χ4v) is 6.16. The van der Waals surface area contributed by atoms with E-state index < -0.39 is 12.2 Å². The van der Waals surface area contributed by atoms with Gasteiger partial charge in [-0.1, -0.05) is 49.9 Å². The molecule has 2 aliphatic rings. The molecule has 1 atom stereocenters. The topological polar surface area (TPSA) is 124 Å². The van der Waals surface area contributed by atoms with Crippen LogP contribution in [0, 0.1) is 13.8 Å². The Morgan fingerprint density at radius 2 is 1.59 bits per heavy atom. The molecule has 11 nitrogen and oxygen atoms in total. The number of phenols is 1. The summed E-state index contributed by atoms with van der Waals surface area (Å²) in [6.07, 6.45) is 1.52. The second-order valence-electron chi connectivity index (χ2n) is 12.0. The number of aromatic amines is 1. The highest BCUT2D eigenvalue weighted by atomic mass is 16.6. The number of rotatable bonds is 7. The predicted octanol–water partition coefficient (Wildman–Crippen LogP) is 4.13. The molecular weight excluding hydrogens is 560 g/mol. The van der Waals surface area contributed by atoms with Gasteiger partial charge in [0.25, 0.3) is 5.91 Å². The third-order valence-electron chi connectivity index (χ3n) is 8.75. The van der Waals surface area contributed by atoms with Gasteiger partial charge in [0.15, 0.2) is 11.9 Å². The zero-order chi connectivity index (χ0) is 30.7. The van der Waals surface area contributed by atoms with Crippen LogP contribution in [0.2, 0.25) is 0 Å². The summed E-state index contributed by atoms with van der Waals surface area (Å²) >= 11 is 0. The zero-order valence-corrected chi connectivity index (χ0v) is 25.5. The van der Waals surface area contributed by atoms with E-state index in [1.54, 1.807) is 9.80 Å². The standard InChI is InChI=1S/C32H42N6O5.CH4/c1-21-18-23(19-22(2)28(21)39)20-27(30(40)36-14-10-25(11-15-36)35(3)4)43-32(42)37-16-12-26(13-17-37)38-31(41)33-29(34-38)24-8-6-5-7-9-24;/h5-9,18-19,25-27,39H,10-17,20H2,1-4H3,(H,33,34,41);1H4/t27-;/m1./s1. The first-order valence-electron chi connectivity index (χ1n) is 15.0. The molecular formula is C33H46N6O5.